The smallest absolute Gasteiger partial charge is 0.164 e. The normalized spacial score (nSPS) is 11.5. The van der Waals surface area contributed by atoms with E-state index in [1.807, 2.05) is 54.6 Å². The zero-order chi connectivity index (χ0) is 41.1. The van der Waals surface area contributed by atoms with E-state index in [4.69, 9.17) is 15.0 Å². The fraction of sp³-hybridized carbons (Fsp3) is 0. The minimum atomic E-state index is 0.536. The molecule has 1 aromatic heterocycles. The molecule has 4 heteroatoms. The summed E-state index contributed by atoms with van der Waals surface area (Å²) in [6.45, 7) is 0. The van der Waals surface area contributed by atoms with E-state index < -0.39 is 0 Å². The molecule has 1 aliphatic rings. The van der Waals surface area contributed by atoms with Gasteiger partial charge in [-0.2, -0.15) is 5.26 Å². The van der Waals surface area contributed by atoms with E-state index in [-0.39, 0.29) is 0 Å². The van der Waals surface area contributed by atoms with Crippen LogP contribution < -0.4 is 0 Å². The van der Waals surface area contributed by atoms with Gasteiger partial charge >= 0.3 is 0 Å². The largest absolute Gasteiger partial charge is 0.208 e. The third-order valence-electron chi connectivity index (χ3n) is 12.4. The van der Waals surface area contributed by atoms with Crippen LogP contribution in [-0.4, -0.2) is 15.0 Å². The highest BCUT2D eigenvalue weighted by Gasteiger charge is 2.25. The molecular formula is C58H34N4. The van der Waals surface area contributed by atoms with Gasteiger partial charge < -0.3 is 0 Å². The van der Waals surface area contributed by atoms with Gasteiger partial charge in [0, 0.05) is 22.3 Å². The lowest BCUT2D eigenvalue weighted by atomic mass is 9.87. The summed E-state index contributed by atoms with van der Waals surface area (Å²) >= 11 is 0. The van der Waals surface area contributed by atoms with Crippen LogP contribution in [0.3, 0.4) is 0 Å². The number of fused-ring (bicyclic) bond motifs is 6. The summed E-state index contributed by atoms with van der Waals surface area (Å²) in [4.78, 5) is 15.7. The van der Waals surface area contributed by atoms with Gasteiger partial charge in [-0.25, -0.2) is 15.0 Å². The van der Waals surface area contributed by atoms with Gasteiger partial charge in [-0.3, -0.25) is 0 Å². The highest BCUT2D eigenvalue weighted by Crippen LogP contribution is 2.49. The maximum absolute atomic E-state index is 10.7. The number of benzene rings is 10. The van der Waals surface area contributed by atoms with Crippen LogP contribution in [0.4, 0.5) is 0 Å². The van der Waals surface area contributed by atoms with Crippen molar-refractivity contribution in [2.45, 2.75) is 0 Å². The van der Waals surface area contributed by atoms with Crippen molar-refractivity contribution in [2.24, 2.45) is 0 Å². The topological polar surface area (TPSA) is 62.5 Å². The summed E-state index contributed by atoms with van der Waals surface area (Å²) < 4.78 is 0. The first kappa shape index (κ1) is 35.4. The van der Waals surface area contributed by atoms with E-state index >= 15 is 0 Å². The SMILES string of the molecule is N#Cc1cccc(-c2ccc(-c3cccc4c3ccc3ccccc34)cc2)c1-c1ccccc1-c1nc(-c2ccccc2)nc(-c2ccc3c4c(cccc24)-c2ccccc2-3)n1. The number of aromatic nitrogens is 3. The Balaban J connectivity index is 1.01. The fourth-order valence-electron chi connectivity index (χ4n) is 9.53. The number of rotatable bonds is 6. The molecule has 10 aromatic carbocycles. The Hall–Kier alpha value is -8.52. The van der Waals surface area contributed by atoms with Gasteiger partial charge in [0.1, 0.15) is 0 Å². The van der Waals surface area contributed by atoms with Gasteiger partial charge in [0.05, 0.1) is 11.6 Å². The van der Waals surface area contributed by atoms with E-state index in [0.29, 0.717) is 23.0 Å². The van der Waals surface area contributed by atoms with Crippen LogP contribution in [0.15, 0.2) is 206 Å². The first-order valence-electron chi connectivity index (χ1n) is 20.8. The Morgan fingerprint density at radius 2 is 0.823 bits per heavy atom. The lowest BCUT2D eigenvalue weighted by Gasteiger charge is -2.17. The predicted octanol–water partition coefficient (Wildman–Crippen LogP) is 14.9. The van der Waals surface area contributed by atoms with Gasteiger partial charge in [-0.1, -0.05) is 194 Å². The third-order valence-corrected chi connectivity index (χ3v) is 12.4. The molecule has 1 heterocycles. The molecule has 286 valence electrons. The highest BCUT2D eigenvalue weighted by molar-refractivity contribution is 6.18. The number of nitrogens with zero attached hydrogens (tertiary/aromatic N) is 4. The van der Waals surface area contributed by atoms with Crippen LogP contribution in [0.1, 0.15) is 5.56 Å². The van der Waals surface area contributed by atoms with Crippen molar-refractivity contribution in [1.82, 2.24) is 15.0 Å². The summed E-state index contributed by atoms with van der Waals surface area (Å²) in [6, 6.07) is 74.4. The number of hydrogen-bond acceptors (Lipinski definition) is 4. The second-order valence-corrected chi connectivity index (χ2v) is 15.8. The standard InChI is InChI=1S/C58H34N4/c59-35-40-16-10-23-43(38-29-27-37(28-30-38)42-22-11-24-44-41-17-5-4-13-36(41)31-32-47(42)44)54(40)49-20-8-9-21-52(49)57-60-56(39-14-2-1-3-15-39)61-58(62-57)53-34-33-51-46-19-7-6-18-45(46)48-25-12-26-50(53)55(48)51/h1-34H. The summed E-state index contributed by atoms with van der Waals surface area (Å²) in [7, 11) is 0. The van der Waals surface area contributed by atoms with E-state index in [9.17, 15) is 5.26 Å². The Morgan fingerprint density at radius 3 is 1.60 bits per heavy atom. The van der Waals surface area contributed by atoms with Crippen molar-refractivity contribution in [2.75, 3.05) is 0 Å². The van der Waals surface area contributed by atoms with Crippen molar-refractivity contribution >= 4 is 32.3 Å². The van der Waals surface area contributed by atoms with Crippen LogP contribution in [0.5, 0.6) is 0 Å². The first-order chi connectivity index (χ1) is 30.7. The maximum Gasteiger partial charge on any atom is 0.164 e. The number of hydrogen-bond donors (Lipinski definition) is 0. The average Bonchev–Trinajstić information content (AvgIpc) is 3.68. The zero-order valence-electron chi connectivity index (χ0n) is 33.4. The van der Waals surface area contributed by atoms with Crippen molar-refractivity contribution < 1.29 is 0 Å². The molecule has 62 heavy (non-hydrogen) atoms. The van der Waals surface area contributed by atoms with E-state index in [0.717, 1.165) is 49.9 Å². The molecule has 0 fully saturated rings. The van der Waals surface area contributed by atoms with Crippen LogP contribution in [0, 0.1) is 11.3 Å². The summed E-state index contributed by atoms with van der Waals surface area (Å²) in [5, 5.41) is 17.9. The first-order valence-corrected chi connectivity index (χ1v) is 20.8. The molecule has 0 spiro atoms. The zero-order valence-corrected chi connectivity index (χ0v) is 33.4. The second kappa shape index (κ2) is 14.3. The molecule has 0 atom stereocenters. The average molecular weight is 787 g/mol. The highest BCUT2D eigenvalue weighted by atomic mass is 15.0. The lowest BCUT2D eigenvalue weighted by Crippen LogP contribution is -2.02. The Labute approximate surface area is 358 Å². The maximum atomic E-state index is 10.7. The van der Waals surface area contributed by atoms with Crippen molar-refractivity contribution in [1.29, 1.82) is 5.26 Å². The van der Waals surface area contributed by atoms with Crippen LogP contribution in [-0.2, 0) is 0 Å². The summed E-state index contributed by atoms with van der Waals surface area (Å²) in [5.41, 5.74) is 14.1. The molecule has 0 N–H and O–H groups in total. The van der Waals surface area contributed by atoms with Crippen LogP contribution in [0.25, 0.3) is 122 Å². The van der Waals surface area contributed by atoms with Crippen LogP contribution >= 0.6 is 0 Å². The third kappa shape index (κ3) is 5.64. The monoisotopic (exact) mass is 786 g/mol. The fourth-order valence-corrected chi connectivity index (χ4v) is 9.53. The quantitative estimate of drug-likeness (QED) is 0.158. The molecule has 1 aliphatic carbocycles. The lowest BCUT2D eigenvalue weighted by molar-refractivity contribution is 1.08. The van der Waals surface area contributed by atoms with Gasteiger partial charge in [-0.05, 0) is 94.5 Å². The minimum Gasteiger partial charge on any atom is -0.208 e. The van der Waals surface area contributed by atoms with Gasteiger partial charge in [0.25, 0.3) is 0 Å². The second-order valence-electron chi connectivity index (χ2n) is 15.8. The van der Waals surface area contributed by atoms with Gasteiger partial charge in [0.15, 0.2) is 17.5 Å². The molecule has 0 aliphatic heterocycles. The molecular weight excluding hydrogens is 753 g/mol. The Bertz CT molecular complexity index is 3610. The van der Waals surface area contributed by atoms with E-state index in [1.54, 1.807) is 0 Å². The molecule has 12 rings (SSSR count). The van der Waals surface area contributed by atoms with Crippen molar-refractivity contribution in [3.8, 4) is 95.9 Å². The van der Waals surface area contributed by atoms with Gasteiger partial charge in [0.2, 0.25) is 0 Å². The number of nitriles is 1. The summed E-state index contributed by atoms with van der Waals surface area (Å²) in [5.74, 6) is 1.71. The van der Waals surface area contributed by atoms with Crippen molar-refractivity contribution in [3.63, 3.8) is 0 Å². The molecule has 11 aromatic rings. The molecule has 0 radical (unpaired) electrons. The Kier molecular flexibility index (Phi) is 8.19. The molecule has 0 unspecified atom stereocenters. The Morgan fingerprint density at radius 1 is 0.290 bits per heavy atom. The predicted molar refractivity (Wildman–Crippen MR) is 254 cm³/mol. The van der Waals surface area contributed by atoms with E-state index in [1.165, 1.54) is 54.7 Å². The molecule has 0 saturated heterocycles. The molecule has 0 saturated carbocycles. The molecule has 0 amide bonds. The van der Waals surface area contributed by atoms with Crippen molar-refractivity contribution in [3.05, 3.63) is 212 Å². The molecule has 0 bridgehead atoms. The minimum absolute atomic E-state index is 0.536. The van der Waals surface area contributed by atoms with Gasteiger partial charge in [-0.15, -0.1) is 0 Å². The van der Waals surface area contributed by atoms with E-state index in [2.05, 4.69) is 158 Å². The van der Waals surface area contributed by atoms with Crippen LogP contribution in [0.2, 0.25) is 0 Å². The molecule has 4 nitrogen and oxygen atoms in total. The summed E-state index contributed by atoms with van der Waals surface area (Å²) in [6.07, 6.45) is 0.